The number of nitrogens with zero attached hydrogens (tertiary/aromatic N) is 4. The number of benzene rings is 2. The van der Waals surface area contributed by atoms with E-state index in [1.807, 2.05) is 16.8 Å². The van der Waals surface area contributed by atoms with E-state index in [0.29, 0.717) is 46.0 Å². The first kappa shape index (κ1) is 22.7. The summed E-state index contributed by atoms with van der Waals surface area (Å²) in [5.74, 6) is 0.101. The lowest BCUT2D eigenvalue weighted by Crippen LogP contribution is -2.34. The van der Waals surface area contributed by atoms with Crippen LogP contribution in [0.15, 0.2) is 66.0 Å². The van der Waals surface area contributed by atoms with Crippen LogP contribution in [-0.2, 0) is 21.8 Å². The van der Waals surface area contributed by atoms with Gasteiger partial charge in [-0.15, -0.1) is 0 Å². The molecule has 0 spiro atoms. The van der Waals surface area contributed by atoms with E-state index in [1.165, 1.54) is 4.57 Å². The fourth-order valence-electron chi connectivity index (χ4n) is 3.94. The Morgan fingerprint density at radius 1 is 1.24 bits per heavy atom. The molecule has 11 heteroatoms. The van der Waals surface area contributed by atoms with Crippen molar-refractivity contribution in [3.05, 3.63) is 93.1 Å². The Hall–Kier alpha value is -3.11. The van der Waals surface area contributed by atoms with Gasteiger partial charge in [-0.25, -0.2) is 19.4 Å². The molecule has 1 aliphatic heterocycles. The molecule has 9 nitrogen and oxygen atoms in total. The highest BCUT2D eigenvalue weighted by Crippen LogP contribution is 2.40. The molecule has 0 radical (unpaired) electrons. The summed E-state index contributed by atoms with van der Waals surface area (Å²) in [7, 11) is 0. The summed E-state index contributed by atoms with van der Waals surface area (Å²) < 4.78 is 21.9. The fraction of sp³-hybridized carbons (Fsp3) is 0.261. The molecule has 34 heavy (non-hydrogen) atoms. The summed E-state index contributed by atoms with van der Waals surface area (Å²) in [6.07, 6.45) is 4.87. The molecule has 0 saturated carbocycles. The molecule has 0 unspecified atom stereocenters. The van der Waals surface area contributed by atoms with Crippen molar-refractivity contribution in [1.82, 2.24) is 24.3 Å². The molecule has 1 N–H and O–H groups in total. The van der Waals surface area contributed by atoms with Gasteiger partial charge in [0.15, 0.2) is 0 Å². The van der Waals surface area contributed by atoms with E-state index in [4.69, 9.17) is 37.4 Å². The fourth-order valence-corrected chi connectivity index (χ4v) is 4.49. The van der Waals surface area contributed by atoms with Crippen molar-refractivity contribution >= 4 is 23.2 Å². The van der Waals surface area contributed by atoms with Crippen molar-refractivity contribution in [1.29, 1.82) is 0 Å². The zero-order valence-corrected chi connectivity index (χ0v) is 19.7. The topological polar surface area (TPSA) is 96.2 Å². The lowest BCUT2D eigenvalue weighted by Gasteiger charge is -2.30. The third-order valence-electron chi connectivity index (χ3n) is 5.52. The molecule has 3 heterocycles. The molecule has 0 bridgehead atoms. The van der Waals surface area contributed by atoms with E-state index in [1.54, 1.807) is 55.8 Å². The maximum atomic E-state index is 11.9. The van der Waals surface area contributed by atoms with Gasteiger partial charge in [-0.2, -0.15) is 5.10 Å². The molecule has 5 rings (SSSR count). The van der Waals surface area contributed by atoms with Crippen molar-refractivity contribution in [3.8, 4) is 11.4 Å². The van der Waals surface area contributed by atoms with Crippen LogP contribution in [0.1, 0.15) is 11.4 Å². The maximum Gasteiger partial charge on any atom is 0.347 e. The normalized spacial score (nSPS) is 20.0. The van der Waals surface area contributed by atoms with Gasteiger partial charge in [-0.1, -0.05) is 29.3 Å². The largest absolute Gasteiger partial charge is 0.491 e. The zero-order valence-electron chi connectivity index (χ0n) is 18.1. The average molecular weight is 502 g/mol. The van der Waals surface area contributed by atoms with E-state index in [0.717, 1.165) is 0 Å². The molecule has 176 valence electrons. The molecule has 1 aliphatic rings. The van der Waals surface area contributed by atoms with Crippen LogP contribution in [0.3, 0.4) is 0 Å². The highest BCUT2D eigenvalue weighted by atomic mass is 35.5. The van der Waals surface area contributed by atoms with Gasteiger partial charge in [0.2, 0.25) is 5.79 Å². The minimum absolute atomic E-state index is 0.265. The zero-order chi connectivity index (χ0) is 23.7. The Labute approximate surface area is 204 Å². The summed E-state index contributed by atoms with van der Waals surface area (Å²) in [5, 5.41) is 7.33. The second-order valence-electron chi connectivity index (χ2n) is 7.88. The molecule has 0 amide bonds. The Morgan fingerprint density at radius 2 is 2.06 bits per heavy atom. The van der Waals surface area contributed by atoms with E-state index >= 15 is 0 Å². The predicted molar refractivity (Wildman–Crippen MR) is 126 cm³/mol. The number of imidazole rings is 1. The second-order valence-corrected chi connectivity index (χ2v) is 8.72. The van der Waals surface area contributed by atoms with Crippen LogP contribution < -0.4 is 10.4 Å². The Bertz CT molecular complexity index is 1340. The molecule has 1 saturated heterocycles. The van der Waals surface area contributed by atoms with Crippen LogP contribution >= 0.6 is 23.2 Å². The van der Waals surface area contributed by atoms with Crippen molar-refractivity contribution < 1.29 is 14.2 Å². The van der Waals surface area contributed by atoms with Gasteiger partial charge in [0.05, 0.1) is 30.2 Å². The van der Waals surface area contributed by atoms with Crippen LogP contribution in [0.2, 0.25) is 10.0 Å². The Morgan fingerprint density at radius 3 is 2.74 bits per heavy atom. The number of hydrogen-bond donors (Lipinski definition) is 1. The lowest BCUT2D eigenvalue weighted by atomic mass is 10.1. The summed E-state index contributed by atoms with van der Waals surface area (Å²) in [6.45, 7) is 2.69. The number of halogens is 2. The van der Waals surface area contributed by atoms with E-state index in [9.17, 15) is 4.79 Å². The van der Waals surface area contributed by atoms with Crippen molar-refractivity contribution in [2.75, 3.05) is 13.2 Å². The number of rotatable bonds is 7. The smallest absolute Gasteiger partial charge is 0.347 e. The van der Waals surface area contributed by atoms with Crippen LogP contribution in [0.4, 0.5) is 0 Å². The van der Waals surface area contributed by atoms with Crippen LogP contribution in [0.5, 0.6) is 5.75 Å². The van der Waals surface area contributed by atoms with Gasteiger partial charge in [0.25, 0.3) is 0 Å². The Balaban J connectivity index is 1.30. The third kappa shape index (κ3) is 4.47. The van der Waals surface area contributed by atoms with E-state index in [2.05, 4.69) is 15.2 Å². The van der Waals surface area contributed by atoms with Gasteiger partial charge in [0, 0.05) is 23.0 Å². The second kappa shape index (κ2) is 9.27. The van der Waals surface area contributed by atoms with Crippen molar-refractivity contribution in [2.24, 2.45) is 0 Å². The van der Waals surface area contributed by atoms with Gasteiger partial charge >= 0.3 is 5.69 Å². The van der Waals surface area contributed by atoms with E-state index < -0.39 is 5.79 Å². The molecule has 2 atom stereocenters. The molecule has 1 fully saturated rings. The summed E-state index contributed by atoms with van der Waals surface area (Å²) in [6, 6.07) is 12.4. The quantitative estimate of drug-likeness (QED) is 0.414. The molecule has 2 aromatic carbocycles. The van der Waals surface area contributed by atoms with Gasteiger partial charge in [-0.05, 0) is 43.3 Å². The SMILES string of the molecule is Cc1n[nH]c(=O)n1-c1ccc(OC[C@@H]2CO[C@@](Cn3ccnc3)(c3ccc(Cl)cc3Cl)O2)cc1. The van der Waals surface area contributed by atoms with Crippen LogP contribution in [0.25, 0.3) is 5.69 Å². The first-order valence-corrected chi connectivity index (χ1v) is 11.3. The monoisotopic (exact) mass is 501 g/mol. The molecular weight excluding hydrogens is 481 g/mol. The number of aryl methyl sites for hydroxylation is 1. The molecule has 4 aromatic rings. The van der Waals surface area contributed by atoms with Crippen LogP contribution in [-0.4, -0.2) is 43.6 Å². The van der Waals surface area contributed by atoms with Gasteiger partial charge < -0.3 is 18.8 Å². The van der Waals surface area contributed by atoms with Gasteiger partial charge in [0.1, 0.15) is 24.3 Å². The molecular formula is C23H21Cl2N5O4. The van der Waals surface area contributed by atoms with Gasteiger partial charge in [-0.3, -0.25) is 0 Å². The lowest BCUT2D eigenvalue weighted by molar-refractivity contribution is -0.189. The first-order chi connectivity index (χ1) is 16.4. The minimum Gasteiger partial charge on any atom is -0.491 e. The van der Waals surface area contributed by atoms with E-state index in [-0.39, 0.29) is 18.4 Å². The first-order valence-electron chi connectivity index (χ1n) is 10.5. The summed E-state index contributed by atoms with van der Waals surface area (Å²) in [5.41, 5.74) is 1.08. The highest BCUT2D eigenvalue weighted by molar-refractivity contribution is 6.35. The number of aromatic amines is 1. The highest BCUT2D eigenvalue weighted by Gasteiger charge is 2.45. The number of aromatic nitrogens is 5. The molecule has 2 aromatic heterocycles. The third-order valence-corrected chi connectivity index (χ3v) is 6.07. The predicted octanol–water partition coefficient (Wildman–Crippen LogP) is 3.72. The summed E-state index contributed by atoms with van der Waals surface area (Å²) >= 11 is 12.6. The Kier molecular flexibility index (Phi) is 6.18. The van der Waals surface area contributed by atoms with Crippen LogP contribution in [0, 0.1) is 6.92 Å². The number of ether oxygens (including phenoxy) is 3. The number of hydrogen-bond acceptors (Lipinski definition) is 6. The summed E-state index contributed by atoms with van der Waals surface area (Å²) in [4.78, 5) is 16.0. The average Bonchev–Trinajstić information content (AvgIpc) is 3.55. The molecule has 0 aliphatic carbocycles. The standard InChI is InChI=1S/C23H21Cl2N5O4/c1-15-27-28-22(31)30(15)17-3-5-18(6-4-17)32-11-19-12-33-23(34-19,13-29-9-8-26-14-29)20-7-2-16(24)10-21(20)25/h2-10,14,19H,11-13H2,1H3,(H,28,31)/t19-,23-/m1/s1. The maximum absolute atomic E-state index is 11.9. The van der Waals surface area contributed by atoms with Crippen molar-refractivity contribution in [3.63, 3.8) is 0 Å². The number of H-pyrrole nitrogens is 1. The number of nitrogens with one attached hydrogen (secondary N) is 1. The van der Waals surface area contributed by atoms with Crippen molar-refractivity contribution in [2.45, 2.75) is 25.4 Å². The minimum atomic E-state index is -1.11.